The monoisotopic (exact) mass is 500 g/mol. The Bertz CT molecular complexity index is 737. The topological polar surface area (TPSA) is 48.9 Å². The van der Waals surface area contributed by atoms with E-state index in [0.717, 1.165) is 30.2 Å². The van der Waals surface area contributed by atoms with Crippen LogP contribution in [0.25, 0.3) is 0 Å². The number of hydrogen-bond donors (Lipinski definition) is 2. The van der Waals surface area contributed by atoms with Crippen LogP contribution in [0, 0.1) is 5.82 Å². The summed E-state index contributed by atoms with van der Waals surface area (Å²) in [4.78, 5) is 6.33. The molecule has 0 aliphatic heterocycles. The van der Waals surface area contributed by atoms with Crippen molar-refractivity contribution in [3.8, 4) is 5.75 Å². The van der Waals surface area contributed by atoms with Crippen molar-refractivity contribution < 1.29 is 9.13 Å². The van der Waals surface area contributed by atoms with Crippen molar-refractivity contribution in [3.05, 3.63) is 65.5 Å². The molecule has 0 heterocycles. The summed E-state index contributed by atoms with van der Waals surface area (Å²) in [5.41, 5.74) is 2.16. The van der Waals surface area contributed by atoms with E-state index in [0.29, 0.717) is 6.54 Å². The first-order chi connectivity index (χ1) is 13.0. The molecule has 0 saturated carbocycles. The second-order valence-corrected chi connectivity index (χ2v) is 6.51. The van der Waals surface area contributed by atoms with Gasteiger partial charge in [-0.2, -0.15) is 0 Å². The molecule has 0 saturated heterocycles. The van der Waals surface area contributed by atoms with Gasteiger partial charge in [-0.05, 0) is 55.9 Å². The van der Waals surface area contributed by atoms with Gasteiger partial charge in [-0.3, -0.25) is 4.99 Å². The van der Waals surface area contributed by atoms with Gasteiger partial charge in [0.05, 0.1) is 13.2 Å². The van der Waals surface area contributed by atoms with Gasteiger partial charge in [0.15, 0.2) is 5.96 Å². The number of nitrogens with one attached hydrogen (secondary N) is 2. The molecule has 7 heteroatoms. The lowest BCUT2D eigenvalue weighted by Gasteiger charge is -2.26. The number of rotatable bonds is 8. The molecule has 0 radical (unpaired) electrons. The van der Waals surface area contributed by atoms with E-state index in [1.807, 2.05) is 32.3 Å². The van der Waals surface area contributed by atoms with Crippen molar-refractivity contribution in [2.24, 2.45) is 4.99 Å². The summed E-state index contributed by atoms with van der Waals surface area (Å²) >= 11 is 0. The summed E-state index contributed by atoms with van der Waals surface area (Å²) in [6, 6.07) is 14.8. The molecule has 0 aliphatic rings. The molecule has 0 aliphatic carbocycles. The number of ether oxygens (including phenoxy) is 1. The minimum atomic E-state index is -0.221. The van der Waals surface area contributed by atoms with Crippen molar-refractivity contribution in [1.82, 2.24) is 15.5 Å². The fourth-order valence-electron chi connectivity index (χ4n) is 2.84. The Morgan fingerprint density at radius 2 is 1.86 bits per heavy atom. The lowest BCUT2D eigenvalue weighted by Crippen LogP contribution is -2.42. The fourth-order valence-corrected chi connectivity index (χ4v) is 2.84. The van der Waals surface area contributed by atoms with Gasteiger partial charge in [0.25, 0.3) is 0 Å². The second-order valence-electron chi connectivity index (χ2n) is 6.51. The minimum Gasteiger partial charge on any atom is -0.497 e. The Hall–Kier alpha value is -1.87. The maximum atomic E-state index is 13.5. The lowest BCUT2D eigenvalue weighted by molar-refractivity contribution is 0.297. The standard InChI is InChI=1S/C21H29FN4O.HI/c1-23-21(24-13-12-16-8-10-19(27-4)11-9-16)25-15-20(26(2)3)17-6-5-7-18(22)14-17;/h5-11,14,20H,12-13,15H2,1-4H3,(H2,23,24,25);1H. The molecule has 28 heavy (non-hydrogen) atoms. The molecule has 0 fully saturated rings. The van der Waals surface area contributed by atoms with E-state index in [-0.39, 0.29) is 35.8 Å². The predicted octanol–water partition coefficient (Wildman–Crippen LogP) is 3.46. The van der Waals surface area contributed by atoms with Gasteiger partial charge >= 0.3 is 0 Å². The Balaban J connectivity index is 0.00000392. The summed E-state index contributed by atoms with van der Waals surface area (Å²) in [7, 11) is 7.38. The van der Waals surface area contributed by atoms with E-state index < -0.39 is 0 Å². The zero-order chi connectivity index (χ0) is 19.6. The van der Waals surface area contributed by atoms with Crippen LogP contribution in [0.2, 0.25) is 0 Å². The molecule has 0 amide bonds. The van der Waals surface area contributed by atoms with Gasteiger partial charge in [-0.1, -0.05) is 24.3 Å². The number of aliphatic imine (C=N–C) groups is 1. The van der Waals surface area contributed by atoms with Crippen LogP contribution in [-0.4, -0.2) is 52.2 Å². The molecule has 154 valence electrons. The van der Waals surface area contributed by atoms with Gasteiger partial charge in [-0.25, -0.2) is 4.39 Å². The van der Waals surface area contributed by atoms with Gasteiger partial charge < -0.3 is 20.3 Å². The zero-order valence-corrected chi connectivity index (χ0v) is 19.2. The number of methoxy groups -OCH3 is 1. The fraction of sp³-hybridized carbons (Fsp3) is 0.381. The average Bonchev–Trinajstić information content (AvgIpc) is 2.67. The molecule has 1 unspecified atom stereocenters. The minimum absolute atomic E-state index is 0. The predicted molar refractivity (Wildman–Crippen MR) is 124 cm³/mol. The first kappa shape index (κ1) is 24.2. The molecule has 0 bridgehead atoms. The molecule has 0 aromatic heterocycles. The van der Waals surface area contributed by atoms with Crippen LogP contribution in [0.5, 0.6) is 5.75 Å². The van der Waals surface area contributed by atoms with E-state index in [2.05, 4.69) is 32.7 Å². The molecule has 2 N–H and O–H groups in total. The highest BCUT2D eigenvalue weighted by Crippen LogP contribution is 2.18. The molecule has 5 nitrogen and oxygen atoms in total. The van der Waals surface area contributed by atoms with Gasteiger partial charge in [0, 0.05) is 20.1 Å². The van der Waals surface area contributed by atoms with Crippen molar-refractivity contribution in [3.63, 3.8) is 0 Å². The van der Waals surface area contributed by atoms with Crippen LogP contribution >= 0.6 is 24.0 Å². The number of guanidine groups is 1. The zero-order valence-electron chi connectivity index (χ0n) is 16.9. The summed E-state index contributed by atoms with van der Waals surface area (Å²) < 4.78 is 18.7. The van der Waals surface area contributed by atoms with E-state index in [1.165, 1.54) is 11.6 Å². The van der Waals surface area contributed by atoms with E-state index >= 15 is 0 Å². The van der Waals surface area contributed by atoms with Crippen LogP contribution in [0.1, 0.15) is 17.2 Å². The SMILES string of the molecule is CN=C(NCCc1ccc(OC)cc1)NCC(c1cccc(F)c1)N(C)C.I. The molecule has 0 spiro atoms. The summed E-state index contributed by atoms with van der Waals surface area (Å²) in [6.07, 6.45) is 0.881. The second kappa shape index (κ2) is 12.6. The highest BCUT2D eigenvalue weighted by atomic mass is 127. The molecule has 2 aromatic rings. The number of hydrogen-bond acceptors (Lipinski definition) is 3. The molecular formula is C21H30FIN4O. The Morgan fingerprint density at radius 1 is 1.14 bits per heavy atom. The number of nitrogens with zero attached hydrogens (tertiary/aromatic N) is 2. The Morgan fingerprint density at radius 3 is 2.43 bits per heavy atom. The summed E-state index contributed by atoms with van der Waals surface area (Å²) in [5.74, 6) is 1.37. The van der Waals surface area contributed by atoms with Crippen LogP contribution in [0.4, 0.5) is 4.39 Å². The lowest BCUT2D eigenvalue weighted by atomic mass is 10.1. The van der Waals surface area contributed by atoms with E-state index in [4.69, 9.17) is 4.74 Å². The first-order valence-electron chi connectivity index (χ1n) is 9.03. The maximum absolute atomic E-state index is 13.5. The van der Waals surface area contributed by atoms with Crippen molar-refractivity contribution in [2.45, 2.75) is 12.5 Å². The first-order valence-corrected chi connectivity index (χ1v) is 9.03. The molecule has 2 rings (SSSR count). The molecule has 2 aromatic carbocycles. The van der Waals surface area contributed by atoms with Gasteiger partial charge in [0.2, 0.25) is 0 Å². The van der Waals surface area contributed by atoms with Crippen LogP contribution in [-0.2, 0) is 6.42 Å². The average molecular weight is 500 g/mol. The van der Waals surface area contributed by atoms with Crippen molar-refractivity contribution in [2.75, 3.05) is 41.3 Å². The van der Waals surface area contributed by atoms with Gasteiger partial charge in [0.1, 0.15) is 11.6 Å². The number of halogens is 2. The number of likely N-dealkylation sites (N-methyl/N-ethyl adjacent to an activating group) is 1. The number of benzene rings is 2. The van der Waals surface area contributed by atoms with Crippen LogP contribution < -0.4 is 15.4 Å². The maximum Gasteiger partial charge on any atom is 0.191 e. The molecule has 1 atom stereocenters. The largest absolute Gasteiger partial charge is 0.497 e. The highest BCUT2D eigenvalue weighted by molar-refractivity contribution is 14.0. The van der Waals surface area contributed by atoms with E-state index in [1.54, 1.807) is 26.3 Å². The third kappa shape index (κ3) is 7.63. The summed E-state index contributed by atoms with van der Waals surface area (Å²) in [6.45, 7) is 1.39. The van der Waals surface area contributed by atoms with Gasteiger partial charge in [-0.15, -0.1) is 24.0 Å². The third-order valence-electron chi connectivity index (χ3n) is 4.41. The van der Waals surface area contributed by atoms with Crippen molar-refractivity contribution in [1.29, 1.82) is 0 Å². The normalized spacial score (nSPS) is 12.3. The van der Waals surface area contributed by atoms with E-state index in [9.17, 15) is 4.39 Å². The Labute approximate surface area is 184 Å². The van der Waals surface area contributed by atoms with Crippen LogP contribution in [0.15, 0.2) is 53.5 Å². The van der Waals surface area contributed by atoms with Crippen LogP contribution in [0.3, 0.4) is 0 Å². The molecular weight excluding hydrogens is 470 g/mol. The third-order valence-corrected chi connectivity index (χ3v) is 4.41. The Kier molecular flexibility index (Phi) is 10.8. The van der Waals surface area contributed by atoms with Crippen molar-refractivity contribution >= 4 is 29.9 Å². The summed E-state index contributed by atoms with van der Waals surface area (Å²) in [5, 5.41) is 6.65. The highest BCUT2D eigenvalue weighted by Gasteiger charge is 2.15. The smallest absolute Gasteiger partial charge is 0.191 e. The quantitative estimate of drug-likeness (QED) is 0.331.